The van der Waals surface area contributed by atoms with Crippen molar-refractivity contribution in [3.63, 3.8) is 0 Å². The number of carbonyl (C=O) groups excluding carboxylic acids is 1. The molecule has 0 saturated heterocycles. The topological polar surface area (TPSA) is 82.3 Å². The molecule has 0 radical (unpaired) electrons. The summed E-state index contributed by atoms with van der Waals surface area (Å²) in [6.07, 6.45) is 0.252. The van der Waals surface area contributed by atoms with Crippen LogP contribution in [0.25, 0.3) is 0 Å². The second-order valence-electron chi connectivity index (χ2n) is 4.36. The van der Waals surface area contributed by atoms with E-state index in [1.807, 2.05) is 19.1 Å². The summed E-state index contributed by atoms with van der Waals surface area (Å²) in [5, 5.41) is 20.0. The molecule has 1 aromatic rings. The predicted octanol–water partition coefficient (Wildman–Crippen LogP) is 0.876. The number of ether oxygens (including phenoxy) is 1. The van der Waals surface area contributed by atoms with E-state index in [1.54, 1.807) is 18.2 Å². The van der Waals surface area contributed by atoms with Gasteiger partial charge in [0.2, 0.25) is 5.91 Å². The van der Waals surface area contributed by atoms with Crippen LogP contribution in [0.1, 0.15) is 12.5 Å². The lowest BCUT2D eigenvalue weighted by atomic mass is 10.1. The smallest absolute Gasteiger partial charge is 0.224 e. The van der Waals surface area contributed by atoms with Crippen LogP contribution in [0.15, 0.2) is 24.3 Å². The molecule has 0 aliphatic carbocycles. The van der Waals surface area contributed by atoms with Gasteiger partial charge in [-0.2, -0.15) is 5.26 Å². The standard InChI is InChI=1S/C14H18N2O3/c1-11(10-17)9-16-14(18)8-12-3-2-4-13(7-12)19-6-5-15/h2-4,7,11,17H,6,8-10H2,1H3,(H,16,18). The predicted molar refractivity (Wildman–Crippen MR) is 70.5 cm³/mol. The zero-order valence-corrected chi connectivity index (χ0v) is 10.9. The molecule has 0 aromatic heterocycles. The van der Waals surface area contributed by atoms with Crippen LogP contribution in [-0.2, 0) is 11.2 Å². The molecular formula is C14H18N2O3. The van der Waals surface area contributed by atoms with Gasteiger partial charge in [-0.1, -0.05) is 19.1 Å². The third-order valence-corrected chi connectivity index (χ3v) is 2.53. The van der Waals surface area contributed by atoms with Gasteiger partial charge in [-0.05, 0) is 23.6 Å². The van der Waals surface area contributed by atoms with Crippen molar-refractivity contribution in [2.24, 2.45) is 5.92 Å². The summed E-state index contributed by atoms with van der Waals surface area (Å²) in [6.45, 7) is 2.36. The zero-order valence-electron chi connectivity index (χ0n) is 10.9. The molecule has 102 valence electrons. The van der Waals surface area contributed by atoms with Gasteiger partial charge in [0.1, 0.15) is 11.8 Å². The van der Waals surface area contributed by atoms with Gasteiger partial charge in [0, 0.05) is 13.2 Å². The quantitative estimate of drug-likeness (QED) is 0.764. The summed E-state index contributed by atoms with van der Waals surface area (Å²) in [5.74, 6) is 0.530. The Labute approximate surface area is 112 Å². The fraction of sp³-hybridized carbons (Fsp3) is 0.429. The monoisotopic (exact) mass is 262 g/mol. The number of hydrogen-bond acceptors (Lipinski definition) is 4. The molecule has 1 aromatic carbocycles. The van der Waals surface area contributed by atoms with Crippen molar-refractivity contribution in [3.8, 4) is 11.8 Å². The highest BCUT2D eigenvalue weighted by Gasteiger charge is 2.06. The molecule has 1 atom stereocenters. The number of aliphatic hydroxyl groups excluding tert-OH is 1. The number of nitrogens with zero attached hydrogens (tertiary/aromatic N) is 1. The molecule has 0 saturated carbocycles. The molecule has 0 aliphatic heterocycles. The lowest BCUT2D eigenvalue weighted by molar-refractivity contribution is -0.120. The van der Waals surface area contributed by atoms with Crippen LogP contribution >= 0.6 is 0 Å². The van der Waals surface area contributed by atoms with E-state index in [1.165, 1.54) is 0 Å². The number of carbonyl (C=O) groups is 1. The number of hydrogen-bond donors (Lipinski definition) is 2. The summed E-state index contributed by atoms with van der Waals surface area (Å²) >= 11 is 0. The lowest BCUT2D eigenvalue weighted by Gasteiger charge is -2.10. The molecule has 0 bridgehead atoms. The van der Waals surface area contributed by atoms with Crippen LogP contribution in [0.4, 0.5) is 0 Å². The average Bonchev–Trinajstić information content (AvgIpc) is 2.43. The van der Waals surface area contributed by atoms with Crippen LogP contribution in [0.5, 0.6) is 5.75 Å². The van der Waals surface area contributed by atoms with E-state index in [9.17, 15) is 4.79 Å². The maximum atomic E-state index is 11.7. The van der Waals surface area contributed by atoms with Gasteiger partial charge in [0.25, 0.3) is 0 Å². The van der Waals surface area contributed by atoms with Crippen LogP contribution in [0.2, 0.25) is 0 Å². The first-order valence-corrected chi connectivity index (χ1v) is 6.12. The molecule has 5 heteroatoms. The lowest BCUT2D eigenvalue weighted by Crippen LogP contribution is -2.30. The first kappa shape index (κ1) is 15.0. The summed E-state index contributed by atoms with van der Waals surface area (Å²) in [7, 11) is 0. The molecular weight excluding hydrogens is 244 g/mol. The van der Waals surface area contributed by atoms with Crippen molar-refractivity contribution in [3.05, 3.63) is 29.8 Å². The Morgan fingerprint density at radius 1 is 1.58 bits per heavy atom. The normalized spacial score (nSPS) is 11.4. The van der Waals surface area contributed by atoms with Crippen LogP contribution < -0.4 is 10.1 Å². The highest BCUT2D eigenvalue weighted by molar-refractivity contribution is 5.78. The van der Waals surface area contributed by atoms with Gasteiger partial charge >= 0.3 is 0 Å². The second kappa shape index (κ2) is 8.11. The van der Waals surface area contributed by atoms with Gasteiger partial charge in [0.15, 0.2) is 6.61 Å². The first-order chi connectivity index (χ1) is 9.15. The van der Waals surface area contributed by atoms with Crippen LogP contribution in [0, 0.1) is 17.2 Å². The number of benzene rings is 1. The van der Waals surface area contributed by atoms with E-state index < -0.39 is 0 Å². The van der Waals surface area contributed by atoms with Gasteiger partial charge < -0.3 is 15.2 Å². The zero-order chi connectivity index (χ0) is 14.1. The fourth-order valence-corrected chi connectivity index (χ4v) is 1.46. The molecule has 0 aliphatic rings. The molecule has 0 heterocycles. The van der Waals surface area contributed by atoms with Gasteiger partial charge in [-0.25, -0.2) is 0 Å². The van der Waals surface area contributed by atoms with Gasteiger partial charge in [-0.3, -0.25) is 4.79 Å². The third kappa shape index (κ3) is 5.89. The molecule has 0 fully saturated rings. The molecule has 1 rings (SSSR count). The van der Waals surface area contributed by atoms with Crippen LogP contribution in [0.3, 0.4) is 0 Å². The van der Waals surface area contributed by atoms with E-state index in [0.717, 1.165) is 5.56 Å². The minimum atomic E-state index is -0.0993. The maximum absolute atomic E-state index is 11.7. The Bertz CT molecular complexity index is 454. The number of nitriles is 1. The number of nitrogens with one attached hydrogen (secondary N) is 1. The average molecular weight is 262 g/mol. The molecule has 5 nitrogen and oxygen atoms in total. The summed E-state index contributed by atoms with van der Waals surface area (Å²) in [6, 6.07) is 8.99. The third-order valence-electron chi connectivity index (χ3n) is 2.53. The first-order valence-electron chi connectivity index (χ1n) is 6.12. The highest BCUT2D eigenvalue weighted by atomic mass is 16.5. The second-order valence-corrected chi connectivity index (χ2v) is 4.36. The summed E-state index contributed by atoms with van der Waals surface area (Å²) < 4.78 is 5.17. The molecule has 1 unspecified atom stereocenters. The van der Waals surface area contributed by atoms with Crippen molar-refractivity contribution >= 4 is 5.91 Å². The minimum absolute atomic E-state index is 0.0103. The van der Waals surface area contributed by atoms with Crippen molar-refractivity contribution < 1.29 is 14.6 Å². The van der Waals surface area contributed by atoms with E-state index in [4.69, 9.17) is 15.1 Å². The van der Waals surface area contributed by atoms with E-state index in [0.29, 0.717) is 12.3 Å². The molecule has 2 N–H and O–H groups in total. The highest BCUT2D eigenvalue weighted by Crippen LogP contribution is 2.13. The van der Waals surface area contributed by atoms with E-state index >= 15 is 0 Å². The maximum Gasteiger partial charge on any atom is 0.224 e. The van der Waals surface area contributed by atoms with Crippen molar-refractivity contribution in [1.82, 2.24) is 5.32 Å². The van der Waals surface area contributed by atoms with Gasteiger partial charge in [-0.15, -0.1) is 0 Å². The largest absolute Gasteiger partial charge is 0.479 e. The Kier molecular flexibility index (Phi) is 6.41. The SMILES string of the molecule is CC(CO)CNC(=O)Cc1cccc(OCC#N)c1. The number of rotatable bonds is 7. The Hall–Kier alpha value is -2.06. The van der Waals surface area contributed by atoms with Crippen molar-refractivity contribution in [2.45, 2.75) is 13.3 Å². The summed E-state index contributed by atoms with van der Waals surface area (Å²) in [5.41, 5.74) is 0.824. The van der Waals surface area contributed by atoms with Crippen LogP contribution in [-0.4, -0.2) is 30.8 Å². The van der Waals surface area contributed by atoms with E-state index in [-0.39, 0.29) is 31.5 Å². The summed E-state index contributed by atoms with van der Waals surface area (Å²) in [4.78, 5) is 11.7. The van der Waals surface area contributed by atoms with Gasteiger partial charge in [0.05, 0.1) is 6.42 Å². The molecule has 0 spiro atoms. The number of aliphatic hydroxyl groups is 1. The Morgan fingerprint density at radius 3 is 3.05 bits per heavy atom. The van der Waals surface area contributed by atoms with E-state index in [2.05, 4.69) is 5.32 Å². The minimum Gasteiger partial charge on any atom is -0.479 e. The Morgan fingerprint density at radius 2 is 2.37 bits per heavy atom. The number of amides is 1. The van der Waals surface area contributed by atoms with Crippen molar-refractivity contribution in [2.75, 3.05) is 19.8 Å². The molecule has 1 amide bonds. The van der Waals surface area contributed by atoms with Crippen molar-refractivity contribution in [1.29, 1.82) is 5.26 Å². The fourth-order valence-electron chi connectivity index (χ4n) is 1.46. The Balaban J connectivity index is 2.47. The molecule has 19 heavy (non-hydrogen) atoms.